The molecule has 0 radical (unpaired) electrons. The van der Waals surface area contributed by atoms with Crippen molar-refractivity contribution in [2.45, 2.75) is 13.0 Å². The molecule has 1 unspecified atom stereocenters. The monoisotopic (exact) mass is 300 g/mol. The maximum Gasteiger partial charge on any atom is 0.319 e. The van der Waals surface area contributed by atoms with Crippen LogP contribution in [-0.2, 0) is 4.79 Å². The first-order valence-electron chi connectivity index (χ1n) is 6.21. The standard InChI is InChI=1S/C13H18ClN3O3/c1-9(12(18)16-13(15)19)17(2)7-8-20-11-5-3-10(14)4-6-11/h3-6,9H,7-8H2,1-2H3,(H3,15,16,18,19)/p+1/t9-/m0/s1. The molecule has 0 heterocycles. The summed E-state index contributed by atoms with van der Waals surface area (Å²) in [4.78, 5) is 23.1. The average molecular weight is 301 g/mol. The van der Waals surface area contributed by atoms with Gasteiger partial charge in [0.25, 0.3) is 5.91 Å². The molecule has 0 spiro atoms. The summed E-state index contributed by atoms with van der Waals surface area (Å²) in [6, 6.07) is 5.82. The molecule has 0 aliphatic rings. The van der Waals surface area contributed by atoms with Gasteiger partial charge < -0.3 is 15.4 Å². The number of carbonyl (C=O) groups excluding carboxylic acids is 2. The van der Waals surface area contributed by atoms with Gasteiger partial charge >= 0.3 is 6.03 Å². The molecule has 0 fully saturated rings. The van der Waals surface area contributed by atoms with Gasteiger partial charge in [-0.3, -0.25) is 10.1 Å². The first-order chi connectivity index (χ1) is 9.40. The van der Waals surface area contributed by atoms with Gasteiger partial charge in [0, 0.05) is 5.02 Å². The smallest absolute Gasteiger partial charge is 0.319 e. The Morgan fingerprint density at radius 2 is 2.00 bits per heavy atom. The number of benzene rings is 1. The molecule has 110 valence electrons. The van der Waals surface area contributed by atoms with E-state index in [1.165, 1.54) is 0 Å². The Labute approximate surface area is 122 Å². The average Bonchev–Trinajstić information content (AvgIpc) is 2.39. The molecule has 0 saturated carbocycles. The number of imide groups is 1. The van der Waals surface area contributed by atoms with Gasteiger partial charge in [0.05, 0.1) is 7.05 Å². The van der Waals surface area contributed by atoms with Crippen molar-refractivity contribution in [1.82, 2.24) is 5.32 Å². The van der Waals surface area contributed by atoms with E-state index in [9.17, 15) is 9.59 Å². The molecule has 1 rings (SSSR count). The number of urea groups is 1. The van der Waals surface area contributed by atoms with Crippen molar-refractivity contribution >= 4 is 23.5 Å². The van der Waals surface area contributed by atoms with Gasteiger partial charge in [-0.25, -0.2) is 4.79 Å². The number of primary amides is 1. The van der Waals surface area contributed by atoms with Crippen molar-refractivity contribution < 1.29 is 19.2 Å². The maximum atomic E-state index is 11.6. The predicted octanol–water partition coefficient (Wildman–Crippen LogP) is -0.183. The summed E-state index contributed by atoms with van der Waals surface area (Å²) in [6.07, 6.45) is 0. The van der Waals surface area contributed by atoms with Crippen LogP contribution in [-0.4, -0.2) is 38.2 Å². The second-order valence-electron chi connectivity index (χ2n) is 4.47. The number of quaternary nitrogens is 1. The van der Waals surface area contributed by atoms with Crippen LogP contribution in [0, 0.1) is 0 Å². The molecule has 20 heavy (non-hydrogen) atoms. The van der Waals surface area contributed by atoms with Crippen LogP contribution >= 0.6 is 11.6 Å². The molecule has 1 aromatic carbocycles. The third kappa shape index (κ3) is 5.46. The van der Waals surface area contributed by atoms with E-state index in [1.807, 2.05) is 7.05 Å². The van der Waals surface area contributed by atoms with E-state index in [2.05, 4.69) is 5.32 Å². The van der Waals surface area contributed by atoms with Crippen molar-refractivity contribution in [1.29, 1.82) is 0 Å². The van der Waals surface area contributed by atoms with Crippen LogP contribution < -0.4 is 20.7 Å². The van der Waals surface area contributed by atoms with Gasteiger partial charge in [0.15, 0.2) is 6.04 Å². The Bertz CT molecular complexity index is 464. The summed E-state index contributed by atoms with van der Waals surface area (Å²) in [5.41, 5.74) is 4.90. The first-order valence-corrected chi connectivity index (χ1v) is 6.59. The number of nitrogens with one attached hydrogen (secondary N) is 2. The fourth-order valence-electron chi connectivity index (χ4n) is 1.53. The second kappa shape index (κ2) is 7.72. The molecule has 3 amide bonds. The highest BCUT2D eigenvalue weighted by Crippen LogP contribution is 2.14. The SMILES string of the molecule is C[C@@H](C(=O)NC(N)=O)[NH+](C)CCOc1ccc(Cl)cc1. The molecule has 0 bridgehead atoms. The molecular formula is C13H19ClN3O3+. The van der Waals surface area contributed by atoms with Crippen LogP contribution in [0.4, 0.5) is 4.79 Å². The first kappa shape index (κ1) is 16.3. The summed E-state index contributed by atoms with van der Waals surface area (Å²) >= 11 is 5.77. The lowest BCUT2D eigenvalue weighted by atomic mass is 10.3. The third-order valence-electron chi connectivity index (χ3n) is 2.96. The number of hydrogen-bond acceptors (Lipinski definition) is 3. The lowest BCUT2D eigenvalue weighted by molar-refractivity contribution is -0.894. The summed E-state index contributed by atoms with van der Waals surface area (Å²) in [5.74, 6) is 0.318. The van der Waals surface area contributed by atoms with Crippen LogP contribution in [0.15, 0.2) is 24.3 Å². The lowest BCUT2D eigenvalue weighted by Gasteiger charge is -2.20. The number of hydrogen-bond donors (Lipinski definition) is 3. The lowest BCUT2D eigenvalue weighted by Crippen LogP contribution is -3.14. The fraction of sp³-hybridized carbons (Fsp3) is 0.385. The Morgan fingerprint density at radius 3 is 2.55 bits per heavy atom. The zero-order valence-corrected chi connectivity index (χ0v) is 12.2. The van der Waals surface area contributed by atoms with Gasteiger partial charge in [-0.2, -0.15) is 0 Å². The third-order valence-corrected chi connectivity index (χ3v) is 3.21. The number of likely N-dealkylation sites (N-methyl/N-ethyl adjacent to an activating group) is 1. The molecule has 0 aliphatic heterocycles. The van der Waals surface area contributed by atoms with Gasteiger partial charge in [-0.15, -0.1) is 0 Å². The number of carbonyl (C=O) groups is 2. The van der Waals surface area contributed by atoms with Crippen molar-refractivity contribution in [3.8, 4) is 5.75 Å². The predicted molar refractivity (Wildman–Crippen MR) is 75.9 cm³/mol. The molecule has 6 nitrogen and oxygen atoms in total. The van der Waals surface area contributed by atoms with Gasteiger partial charge in [-0.1, -0.05) is 11.6 Å². The van der Waals surface area contributed by atoms with E-state index in [0.717, 1.165) is 10.6 Å². The molecule has 7 heteroatoms. The summed E-state index contributed by atoms with van der Waals surface area (Å²) in [5, 5.41) is 2.71. The Hall–Kier alpha value is -1.79. The van der Waals surface area contributed by atoms with Gasteiger partial charge in [-0.05, 0) is 31.2 Å². The van der Waals surface area contributed by atoms with E-state index in [1.54, 1.807) is 31.2 Å². The van der Waals surface area contributed by atoms with Crippen LogP contribution in [0.25, 0.3) is 0 Å². The van der Waals surface area contributed by atoms with Crippen LogP contribution in [0.1, 0.15) is 6.92 Å². The molecule has 0 saturated heterocycles. The molecule has 2 atom stereocenters. The Morgan fingerprint density at radius 1 is 1.40 bits per heavy atom. The van der Waals surface area contributed by atoms with Crippen molar-refractivity contribution in [3.63, 3.8) is 0 Å². The van der Waals surface area contributed by atoms with Crippen molar-refractivity contribution in [2.75, 3.05) is 20.2 Å². The quantitative estimate of drug-likeness (QED) is 0.681. The number of rotatable bonds is 6. The molecule has 0 aromatic heterocycles. The summed E-state index contributed by atoms with van der Waals surface area (Å²) < 4.78 is 5.54. The number of halogens is 1. The van der Waals surface area contributed by atoms with Gasteiger partial charge in [0.2, 0.25) is 0 Å². The molecule has 1 aromatic rings. The van der Waals surface area contributed by atoms with Crippen LogP contribution in [0.5, 0.6) is 5.75 Å². The van der Waals surface area contributed by atoms with Gasteiger partial charge in [0.1, 0.15) is 18.9 Å². The number of amides is 3. The van der Waals surface area contributed by atoms with Crippen molar-refractivity contribution in [3.05, 3.63) is 29.3 Å². The maximum absolute atomic E-state index is 11.6. The van der Waals surface area contributed by atoms with E-state index in [0.29, 0.717) is 18.2 Å². The van der Waals surface area contributed by atoms with E-state index in [-0.39, 0.29) is 0 Å². The minimum Gasteiger partial charge on any atom is -0.488 e. The molecule has 0 aliphatic carbocycles. The van der Waals surface area contributed by atoms with Crippen LogP contribution in [0.2, 0.25) is 5.02 Å². The zero-order chi connectivity index (χ0) is 15.1. The summed E-state index contributed by atoms with van der Waals surface area (Å²) in [7, 11) is 1.84. The normalized spacial score (nSPS) is 13.3. The van der Waals surface area contributed by atoms with E-state index < -0.39 is 18.0 Å². The number of nitrogens with two attached hydrogens (primary N) is 1. The van der Waals surface area contributed by atoms with Crippen molar-refractivity contribution in [2.24, 2.45) is 5.73 Å². The highest BCUT2D eigenvalue weighted by molar-refractivity contribution is 6.30. The zero-order valence-electron chi connectivity index (χ0n) is 11.5. The highest BCUT2D eigenvalue weighted by Gasteiger charge is 2.22. The minimum absolute atomic E-state index is 0.392. The fourth-order valence-corrected chi connectivity index (χ4v) is 1.66. The highest BCUT2D eigenvalue weighted by atomic mass is 35.5. The minimum atomic E-state index is -0.841. The Balaban J connectivity index is 2.35. The second-order valence-corrected chi connectivity index (χ2v) is 4.91. The van der Waals surface area contributed by atoms with Crippen LogP contribution in [0.3, 0.4) is 0 Å². The largest absolute Gasteiger partial charge is 0.488 e. The van der Waals surface area contributed by atoms with E-state index in [4.69, 9.17) is 22.1 Å². The summed E-state index contributed by atoms with van der Waals surface area (Å²) in [6.45, 7) is 2.77. The topological polar surface area (TPSA) is 85.9 Å². The Kier molecular flexibility index (Phi) is 6.27. The molecular weight excluding hydrogens is 282 g/mol. The van der Waals surface area contributed by atoms with E-state index >= 15 is 0 Å². The number of ether oxygens (including phenoxy) is 1. The molecule has 4 N–H and O–H groups in total.